The fourth-order valence-corrected chi connectivity index (χ4v) is 3.80. The van der Waals surface area contributed by atoms with E-state index in [0.717, 1.165) is 18.5 Å². The van der Waals surface area contributed by atoms with Gasteiger partial charge in [-0.3, -0.25) is 0 Å². The molecule has 1 N–H and O–H groups in total. The summed E-state index contributed by atoms with van der Waals surface area (Å²) in [4.78, 5) is 0. The van der Waals surface area contributed by atoms with Crippen LogP contribution in [0.5, 0.6) is 0 Å². The molecule has 20 heavy (non-hydrogen) atoms. The molecular weight excluding hydrogens is 242 g/mol. The van der Waals surface area contributed by atoms with E-state index >= 15 is 0 Å². The Morgan fingerprint density at radius 1 is 0.800 bits per heavy atom. The van der Waals surface area contributed by atoms with Gasteiger partial charge in [0.15, 0.2) is 0 Å². The second kappa shape index (κ2) is 12.7. The highest BCUT2D eigenvalue weighted by molar-refractivity contribution is 4.79. The van der Waals surface area contributed by atoms with Gasteiger partial charge in [-0.25, -0.2) is 0 Å². The Hall–Kier alpha value is -0.0400. The van der Waals surface area contributed by atoms with Crippen LogP contribution in [0.1, 0.15) is 104 Å². The van der Waals surface area contributed by atoms with Gasteiger partial charge in [0.25, 0.3) is 0 Å². The number of hydrogen-bond acceptors (Lipinski definition) is 1. The lowest BCUT2D eigenvalue weighted by Gasteiger charge is -2.31. The average molecular weight is 282 g/mol. The van der Waals surface area contributed by atoms with Crippen molar-refractivity contribution in [1.29, 1.82) is 0 Å². The lowest BCUT2D eigenvalue weighted by molar-refractivity contribution is 0.256. The van der Waals surface area contributed by atoms with Gasteiger partial charge in [0.1, 0.15) is 0 Å². The third kappa shape index (κ3) is 8.29. The first-order valence-electron chi connectivity index (χ1n) is 9.61. The molecule has 0 aromatic carbocycles. The third-order valence-corrected chi connectivity index (χ3v) is 5.05. The molecule has 0 aromatic rings. The molecular formula is C19H39N. The van der Waals surface area contributed by atoms with E-state index in [2.05, 4.69) is 19.2 Å². The molecule has 1 saturated carbocycles. The van der Waals surface area contributed by atoms with Gasteiger partial charge in [0, 0.05) is 6.04 Å². The van der Waals surface area contributed by atoms with E-state index in [1.54, 1.807) is 0 Å². The van der Waals surface area contributed by atoms with E-state index in [0.29, 0.717) is 0 Å². The van der Waals surface area contributed by atoms with Gasteiger partial charge in [-0.2, -0.15) is 0 Å². The highest BCUT2D eigenvalue weighted by atomic mass is 14.9. The van der Waals surface area contributed by atoms with E-state index in [9.17, 15) is 0 Å². The Labute approximate surface area is 128 Å². The molecule has 0 amide bonds. The Morgan fingerprint density at radius 2 is 1.40 bits per heavy atom. The van der Waals surface area contributed by atoms with Crippen molar-refractivity contribution < 1.29 is 0 Å². The van der Waals surface area contributed by atoms with Crippen molar-refractivity contribution in [3.8, 4) is 0 Å². The Bertz CT molecular complexity index is 196. The van der Waals surface area contributed by atoms with Gasteiger partial charge < -0.3 is 5.32 Å². The van der Waals surface area contributed by atoms with Crippen LogP contribution in [0, 0.1) is 5.92 Å². The fourth-order valence-electron chi connectivity index (χ4n) is 3.80. The summed E-state index contributed by atoms with van der Waals surface area (Å²) in [5.41, 5.74) is 0. The van der Waals surface area contributed by atoms with Crippen molar-refractivity contribution in [3.63, 3.8) is 0 Å². The lowest BCUT2D eigenvalue weighted by Crippen LogP contribution is -2.37. The molecule has 1 atom stereocenters. The molecule has 120 valence electrons. The molecule has 0 bridgehead atoms. The van der Waals surface area contributed by atoms with E-state index < -0.39 is 0 Å². The normalized spacial score (nSPS) is 18.3. The van der Waals surface area contributed by atoms with Crippen LogP contribution in [0.15, 0.2) is 0 Å². The Balaban J connectivity index is 2.03. The molecule has 1 rings (SSSR count). The predicted molar refractivity (Wildman–Crippen MR) is 91.3 cm³/mol. The zero-order valence-electron chi connectivity index (χ0n) is 14.3. The smallest absolute Gasteiger partial charge is 0.00952 e. The standard InChI is InChI=1S/C19H39N/c1-3-5-6-7-8-9-10-14-17-19(20-4-2)18-15-12-11-13-16-18/h18-20H,3-17H2,1-2H3. The van der Waals surface area contributed by atoms with Crippen molar-refractivity contribution >= 4 is 0 Å². The molecule has 0 spiro atoms. The molecule has 0 heterocycles. The topological polar surface area (TPSA) is 12.0 Å². The summed E-state index contributed by atoms with van der Waals surface area (Å²) in [6.07, 6.45) is 20.4. The van der Waals surface area contributed by atoms with E-state index in [1.807, 2.05) is 0 Å². The van der Waals surface area contributed by atoms with Gasteiger partial charge in [0.05, 0.1) is 0 Å². The Kier molecular flexibility index (Phi) is 11.4. The maximum absolute atomic E-state index is 3.77. The molecule has 1 fully saturated rings. The largest absolute Gasteiger partial charge is 0.314 e. The number of nitrogens with one attached hydrogen (secondary N) is 1. The van der Waals surface area contributed by atoms with Crippen molar-refractivity contribution in [2.24, 2.45) is 5.92 Å². The maximum Gasteiger partial charge on any atom is 0.00952 e. The average Bonchev–Trinajstić information content (AvgIpc) is 2.50. The minimum absolute atomic E-state index is 0.820. The van der Waals surface area contributed by atoms with Gasteiger partial charge in [-0.1, -0.05) is 84.5 Å². The molecule has 1 unspecified atom stereocenters. The van der Waals surface area contributed by atoms with Crippen LogP contribution in [0.2, 0.25) is 0 Å². The first-order valence-corrected chi connectivity index (χ1v) is 9.61. The SMILES string of the molecule is CCCCCCCCCCC(NCC)C1CCCCC1. The van der Waals surface area contributed by atoms with Crippen molar-refractivity contribution in [2.45, 2.75) is 110 Å². The molecule has 0 aliphatic heterocycles. The quantitative estimate of drug-likeness (QED) is 0.428. The van der Waals surface area contributed by atoms with Gasteiger partial charge in [0.2, 0.25) is 0 Å². The molecule has 1 aliphatic carbocycles. The highest BCUT2D eigenvalue weighted by Gasteiger charge is 2.22. The maximum atomic E-state index is 3.77. The van der Waals surface area contributed by atoms with Crippen molar-refractivity contribution in [3.05, 3.63) is 0 Å². The van der Waals surface area contributed by atoms with Gasteiger partial charge in [-0.05, 0) is 31.7 Å². The van der Waals surface area contributed by atoms with Gasteiger partial charge >= 0.3 is 0 Å². The summed E-state index contributed by atoms with van der Waals surface area (Å²) < 4.78 is 0. The summed E-state index contributed by atoms with van der Waals surface area (Å²) >= 11 is 0. The fraction of sp³-hybridized carbons (Fsp3) is 1.00. The number of rotatable bonds is 12. The summed E-state index contributed by atoms with van der Waals surface area (Å²) in [6.45, 7) is 5.72. The van der Waals surface area contributed by atoms with E-state index in [4.69, 9.17) is 0 Å². The van der Waals surface area contributed by atoms with Crippen LogP contribution in [-0.4, -0.2) is 12.6 Å². The van der Waals surface area contributed by atoms with Gasteiger partial charge in [-0.15, -0.1) is 0 Å². The lowest BCUT2D eigenvalue weighted by atomic mass is 9.82. The first-order chi connectivity index (χ1) is 9.88. The van der Waals surface area contributed by atoms with Crippen LogP contribution in [0.25, 0.3) is 0 Å². The molecule has 1 aliphatic rings. The highest BCUT2D eigenvalue weighted by Crippen LogP contribution is 2.28. The zero-order valence-corrected chi connectivity index (χ0v) is 14.3. The predicted octanol–water partition coefficient (Wildman–Crippen LogP) is 6.08. The third-order valence-electron chi connectivity index (χ3n) is 5.05. The Morgan fingerprint density at radius 3 is 2.00 bits per heavy atom. The van der Waals surface area contributed by atoms with Crippen LogP contribution in [0.4, 0.5) is 0 Å². The van der Waals surface area contributed by atoms with Crippen molar-refractivity contribution in [1.82, 2.24) is 5.32 Å². The monoisotopic (exact) mass is 281 g/mol. The van der Waals surface area contributed by atoms with E-state index in [-0.39, 0.29) is 0 Å². The molecule has 0 radical (unpaired) electrons. The van der Waals surface area contributed by atoms with Crippen LogP contribution < -0.4 is 5.32 Å². The minimum atomic E-state index is 0.820. The minimum Gasteiger partial charge on any atom is -0.314 e. The summed E-state index contributed by atoms with van der Waals surface area (Å²) in [7, 11) is 0. The van der Waals surface area contributed by atoms with E-state index in [1.165, 1.54) is 89.9 Å². The summed E-state index contributed by atoms with van der Waals surface area (Å²) in [5.74, 6) is 0.980. The van der Waals surface area contributed by atoms with Crippen LogP contribution in [0.3, 0.4) is 0 Å². The van der Waals surface area contributed by atoms with Crippen molar-refractivity contribution in [2.75, 3.05) is 6.54 Å². The second-order valence-electron chi connectivity index (χ2n) is 6.83. The zero-order chi connectivity index (χ0) is 14.5. The molecule has 0 saturated heterocycles. The molecule has 1 nitrogen and oxygen atoms in total. The molecule has 0 aromatic heterocycles. The molecule has 1 heteroatoms. The summed E-state index contributed by atoms with van der Waals surface area (Å²) in [5, 5.41) is 3.77. The number of unbranched alkanes of at least 4 members (excludes halogenated alkanes) is 7. The first kappa shape index (κ1) is 18.0. The second-order valence-corrected chi connectivity index (χ2v) is 6.83. The summed E-state index contributed by atoms with van der Waals surface area (Å²) in [6, 6.07) is 0.820. The van der Waals surface area contributed by atoms with Crippen LogP contribution in [-0.2, 0) is 0 Å². The number of hydrogen-bond donors (Lipinski definition) is 1. The van der Waals surface area contributed by atoms with Crippen LogP contribution >= 0.6 is 0 Å².